The molecule has 5 rings (SSSR count). The summed E-state index contributed by atoms with van der Waals surface area (Å²) in [6.45, 7) is 4.30. The lowest BCUT2D eigenvalue weighted by molar-refractivity contribution is -0.125. The minimum atomic E-state index is -0.138. The van der Waals surface area contributed by atoms with Gasteiger partial charge in [-0.2, -0.15) is 0 Å². The molecule has 0 radical (unpaired) electrons. The van der Waals surface area contributed by atoms with E-state index in [9.17, 15) is 4.79 Å². The summed E-state index contributed by atoms with van der Waals surface area (Å²) in [5.41, 5.74) is 5.69. The van der Waals surface area contributed by atoms with Gasteiger partial charge in [0, 0.05) is 49.9 Å². The van der Waals surface area contributed by atoms with Crippen molar-refractivity contribution < 1.29 is 9.53 Å². The van der Waals surface area contributed by atoms with Crippen molar-refractivity contribution in [2.75, 3.05) is 26.2 Å². The fourth-order valence-electron chi connectivity index (χ4n) is 4.52. The minimum Gasteiger partial charge on any atom is -0.370 e. The Morgan fingerprint density at radius 3 is 3.00 bits per heavy atom. The summed E-state index contributed by atoms with van der Waals surface area (Å²) < 4.78 is 6.17. The fraction of sp³-hybridized carbons (Fsp3) is 0.348. The van der Waals surface area contributed by atoms with Crippen LogP contribution in [-0.4, -0.2) is 52.4 Å². The molecular formula is C23H23ClN4O2. The number of rotatable bonds is 4. The van der Waals surface area contributed by atoms with E-state index in [0.29, 0.717) is 24.8 Å². The molecule has 0 spiro atoms. The molecule has 0 N–H and O–H groups in total. The van der Waals surface area contributed by atoms with Gasteiger partial charge in [-0.1, -0.05) is 29.8 Å². The number of aromatic nitrogens is 2. The molecule has 0 bridgehead atoms. The first kappa shape index (κ1) is 19.4. The highest BCUT2D eigenvalue weighted by atomic mass is 35.5. The van der Waals surface area contributed by atoms with Crippen LogP contribution in [0.15, 0.2) is 42.6 Å². The Kier molecular flexibility index (Phi) is 5.37. The summed E-state index contributed by atoms with van der Waals surface area (Å²) in [4.78, 5) is 24.7. The van der Waals surface area contributed by atoms with E-state index >= 15 is 0 Å². The van der Waals surface area contributed by atoms with E-state index in [4.69, 9.17) is 21.3 Å². The standard InChI is InChI=1S/C23H23ClN4O2/c24-22-11-16(5-7-25-22)12-27-8-6-20-18(13-27)23(17-3-1-2-4-19(17)26-20)21-14-28(15-29)9-10-30-21/h1-5,7,11,15,21H,6,8-10,12-14H2. The molecule has 154 valence electrons. The number of carbonyl (C=O) groups is 1. The maximum Gasteiger partial charge on any atom is 0.209 e. The predicted octanol–water partition coefficient (Wildman–Crippen LogP) is 3.37. The molecule has 1 aromatic carbocycles. The molecule has 2 aliphatic rings. The number of nitrogens with zero attached hydrogens (tertiary/aromatic N) is 4. The van der Waals surface area contributed by atoms with Crippen LogP contribution in [0.2, 0.25) is 5.15 Å². The highest BCUT2D eigenvalue weighted by Crippen LogP contribution is 2.35. The third-order valence-electron chi connectivity index (χ3n) is 5.94. The van der Waals surface area contributed by atoms with E-state index < -0.39 is 0 Å². The molecule has 1 amide bonds. The third-order valence-corrected chi connectivity index (χ3v) is 6.14. The van der Waals surface area contributed by atoms with Gasteiger partial charge in [-0.15, -0.1) is 0 Å². The van der Waals surface area contributed by atoms with Crippen LogP contribution < -0.4 is 0 Å². The second-order valence-corrected chi connectivity index (χ2v) is 8.26. The van der Waals surface area contributed by atoms with E-state index in [0.717, 1.165) is 54.6 Å². The van der Waals surface area contributed by atoms with Gasteiger partial charge < -0.3 is 9.64 Å². The minimum absolute atomic E-state index is 0.138. The highest BCUT2D eigenvalue weighted by Gasteiger charge is 2.30. The van der Waals surface area contributed by atoms with E-state index in [1.54, 1.807) is 11.1 Å². The van der Waals surface area contributed by atoms with Gasteiger partial charge in [0.25, 0.3) is 0 Å². The summed E-state index contributed by atoms with van der Waals surface area (Å²) in [6.07, 6.45) is 3.42. The number of morpholine rings is 1. The summed E-state index contributed by atoms with van der Waals surface area (Å²) in [7, 11) is 0. The van der Waals surface area contributed by atoms with Crippen molar-refractivity contribution >= 4 is 28.9 Å². The van der Waals surface area contributed by atoms with Gasteiger partial charge >= 0.3 is 0 Å². The molecule has 1 fully saturated rings. The lowest BCUT2D eigenvalue weighted by Gasteiger charge is -2.35. The molecule has 1 unspecified atom stereocenters. The molecular weight excluding hydrogens is 400 g/mol. The molecule has 30 heavy (non-hydrogen) atoms. The number of hydrogen-bond acceptors (Lipinski definition) is 5. The largest absolute Gasteiger partial charge is 0.370 e. The molecule has 7 heteroatoms. The molecule has 2 aliphatic heterocycles. The highest BCUT2D eigenvalue weighted by molar-refractivity contribution is 6.29. The summed E-state index contributed by atoms with van der Waals surface area (Å²) in [6, 6.07) is 12.2. The van der Waals surface area contributed by atoms with Crippen molar-refractivity contribution in [3.8, 4) is 0 Å². The fourth-order valence-corrected chi connectivity index (χ4v) is 4.72. The lowest BCUT2D eigenvalue weighted by Crippen LogP contribution is -2.39. The Balaban J connectivity index is 1.53. The number of carbonyl (C=O) groups excluding carboxylic acids is 1. The van der Waals surface area contributed by atoms with Crippen molar-refractivity contribution in [3.05, 3.63) is 70.1 Å². The molecule has 1 atom stereocenters. The van der Waals surface area contributed by atoms with Crippen LogP contribution in [0.25, 0.3) is 10.9 Å². The Bertz CT molecular complexity index is 1090. The first-order valence-electron chi connectivity index (χ1n) is 10.3. The number of ether oxygens (including phenoxy) is 1. The molecule has 0 saturated carbocycles. The second kappa shape index (κ2) is 8.30. The zero-order chi connectivity index (χ0) is 20.5. The quantitative estimate of drug-likeness (QED) is 0.476. The summed E-state index contributed by atoms with van der Waals surface area (Å²) in [5.74, 6) is 0. The van der Waals surface area contributed by atoms with Gasteiger partial charge in [-0.3, -0.25) is 14.7 Å². The van der Waals surface area contributed by atoms with Gasteiger partial charge in [0.2, 0.25) is 6.41 Å². The molecule has 6 nitrogen and oxygen atoms in total. The first-order valence-corrected chi connectivity index (χ1v) is 10.6. The maximum absolute atomic E-state index is 11.4. The predicted molar refractivity (Wildman–Crippen MR) is 115 cm³/mol. The van der Waals surface area contributed by atoms with Crippen molar-refractivity contribution in [2.24, 2.45) is 0 Å². The molecule has 3 aromatic rings. The van der Waals surface area contributed by atoms with Crippen molar-refractivity contribution in [3.63, 3.8) is 0 Å². The average Bonchev–Trinajstić information content (AvgIpc) is 2.77. The first-order chi connectivity index (χ1) is 14.7. The van der Waals surface area contributed by atoms with Gasteiger partial charge in [0.05, 0.1) is 18.7 Å². The molecule has 4 heterocycles. The summed E-state index contributed by atoms with van der Waals surface area (Å²) in [5, 5.41) is 1.63. The Hall–Kier alpha value is -2.54. The van der Waals surface area contributed by atoms with Gasteiger partial charge in [0.15, 0.2) is 0 Å². The SMILES string of the molecule is O=CN1CCOC(c2c3c(nc4ccccc24)CCN(Cc2ccnc(Cl)c2)C3)C1. The number of para-hydroxylation sites is 1. The van der Waals surface area contributed by atoms with Crippen LogP contribution in [0.5, 0.6) is 0 Å². The van der Waals surface area contributed by atoms with Crippen LogP contribution in [0.3, 0.4) is 0 Å². The topological polar surface area (TPSA) is 58.6 Å². The van der Waals surface area contributed by atoms with Crippen LogP contribution >= 0.6 is 11.6 Å². The normalized spacial score (nSPS) is 19.6. The van der Waals surface area contributed by atoms with Gasteiger partial charge in [0.1, 0.15) is 11.3 Å². The number of fused-ring (bicyclic) bond motifs is 2. The van der Waals surface area contributed by atoms with E-state index in [2.05, 4.69) is 22.0 Å². The van der Waals surface area contributed by atoms with Crippen molar-refractivity contribution in [1.82, 2.24) is 19.8 Å². The zero-order valence-electron chi connectivity index (χ0n) is 16.6. The van der Waals surface area contributed by atoms with Crippen LogP contribution in [0.1, 0.15) is 28.5 Å². The van der Waals surface area contributed by atoms with E-state index in [1.165, 1.54) is 11.1 Å². The number of pyridine rings is 2. The van der Waals surface area contributed by atoms with Crippen molar-refractivity contribution in [2.45, 2.75) is 25.6 Å². The number of halogens is 1. The molecule has 2 aromatic heterocycles. The second-order valence-electron chi connectivity index (χ2n) is 7.88. The van der Waals surface area contributed by atoms with Gasteiger partial charge in [-0.25, -0.2) is 4.98 Å². The molecule has 0 aliphatic carbocycles. The van der Waals surface area contributed by atoms with Crippen LogP contribution in [0, 0.1) is 0 Å². The monoisotopic (exact) mass is 422 g/mol. The molecule has 1 saturated heterocycles. The Labute approximate surface area is 180 Å². The van der Waals surface area contributed by atoms with Crippen LogP contribution in [-0.2, 0) is 29.0 Å². The third kappa shape index (κ3) is 3.78. The van der Waals surface area contributed by atoms with Crippen molar-refractivity contribution in [1.29, 1.82) is 0 Å². The average molecular weight is 423 g/mol. The lowest BCUT2D eigenvalue weighted by atomic mass is 9.91. The smallest absolute Gasteiger partial charge is 0.209 e. The number of hydrogen-bond donors (Lipinski definition) is 0. The van der Waals surface area contributed by atoms with Crippen LogP contribution in [0.4, 0.5) is 0 Å². The van der Waals surface area contributed by atoms with Gasteiger partial charge in [-0.05, 0) is 34.9 Å². The van der Waals surface area contributed by atoms with E-state index in [1.807, 2.05) is 24.3 Å². The Morgan fingerprint density at radius 1 is 1.23 bits per heavy atom. The maximum atomic E-state index is 11.4. The number of benzene rings is 1. The summed E-state index contributed by atoms with van der Waals surface area (Å²) >= 11 is 6.07. The number of amides is 1. The zero-order valence-corrected chi connectivity index (χ0v) is 17.4. The van der Waals surface area contributed by atoms with E-state index in [-0.39, 0.29) is 6.10 Å². The Morgan fingerprint density at radius 2 is 2.13 bits per heavy atom.